The minimum absolute atomic E-state index is 0.00324. The highest BCUT2D eigenvalue weighted by Crippen LogP contribution is 2.35. The number of amides is 1. The molecule has 3 heterocycles. The predicted octanol–water partition coefficient (Wildman–Crippen LogP) is 2.01. The summed E-state index contributed by atoms with van der Waals surface area (Å²) in [6.07, 6.45) is 1.74. The van der Waals surface area contributed by atoms with Crippen molar-refractivity contribution in [2.75, 3.05) is 25.0 Å². The zero-order valence-corrected chi connectivity index (χ0v) is 18.1. The molecule has 2 saturated heterocycles. The van der Waals surface area contributed by atoms with Gasteiger partial charge in [0.15, 0.2) is 0 Å². The van der Waals surface area contributed by atoms with E-state index in [9.17, 15) is 14.9 Å². The summed E-state index contributed by atoms with van der Waals surface area (Å²) in [6, 6.07) is 2.01. The molecule has 1 aromatic rings. The number of anilines is 1. The Hall–Kier alpha value is -2.15. The van der Waals surface area contributed by atoms with Crippen LogP contribution in [-0.4, -0.2) is 52.0 Å². The molecule has 0 radical (unpaired) electrons. The Morgan fingerprint density at radius 2 is 1.86 bits per heavy atom. The van der Waals surface area contributed by atoms with Crippen LogP contribution in [0.3, 0.4) is 0 Å². The number of hydrogen-bond acceptors (Lipinski definition) is 7. The van der Waals surface area contributed by atoms with Crippen LogP contribution in [0.4, 0.5) is 5.82 Å². The van der Waals surface area contributed by atoms with Crippen LogP contribution in [0.15, 0.2) is 9.70 Å². The van der Waals surface area contributed by atoms with Gasteiger partial charge in [-0.2, -0.15) is 5.26 Å². The van der Waals surface area contributed by atoms with Gasteiger partial charge in [-0.25, -0.2) is 0 Å². The van der Waals surface area contributed by atoms with E-state index in [1.165, 1.54) is 21.2 Å². The number of likely N-dealkylation sites (N-methyl/N-ethyl adjacent to an activating group) is 1. The van der Waals surface area contributed by atoms with Crippen molar-refractivity contribution in [2.45, 2.75) is 33.0 Å². The first-order chi connectivity index (χ1) is 13.1. The lowest BCUT2D eigenvalue weighted by Gasteiger charge is -2.38. The summed E-state index contributed by atoms with van der Waals surface area (Å²) in [5, 5.41) is 9.51. The van der Waals surface area contributed by atoms with Crippen LogP contribution in [0.2, 0.25) is 0 Å². The second-order valence-corrected chi connectivity index (χ2v) is 8.79. The third kappa shape index (κ3) is 3.48. The fourth-order valence-electron chi connectivity index (χ4n) is 3.62. The summed E-state index contributed by atoms with van der Waals surface area (Å²) in [6.45, 7) is 6.94. The van der Waals surface area contributed by atoms with Crippen molar-refractivity contribution in [1.82, 2.24) is 9.47 Å². The van der Waals surface area contributed by atoms with Crippen LogP contribution in [0, 0.1) is 18.3 Å². The van der Waals surface area contributed by atoms with Gasteiger partial charge in [-0.05, 0) is 32.4 Å². The molecule has 0 bridgehead atoms. The van der Waals surface area contributed by atoms with Gasteiger partial charge in [0.1, 0.15) is 21.8 Å². The fourth-order valence-corrected chi connectivity index (χ4v) is 4.78. The maximum atomic E-state index is 12.8. The third-order valence-electron chi connectivity index (χ3n) is 4.95. The first-order valence-corrected chi connectivity index (χ1v) is 10.1. The Bertz CT molecular complexity index is 982. The molecule has 3 rings (SSSR count). The average molecular weight is 419 g/mol. The molecule has 0 saturated carbocycles. The van der Waals surface area contributed by atoms with E-state index in [0.717, 1.165) is 0 Å². The average Bonchev–Trinajstić information content (AvgIpc) is 2.86. The van der Waals surface area contributed by atoms with Crippen molar-refractivity contribution in [3.05, 3.63) is 31.9 Å². The topological polar surface area (TPSA) is 78.6 Å². The maximum absolute atomic E-state index is 12.8. The minimum atomic E-state index is -0.345. The molecule has 0 aromatic carbocycles. The minimum Gasteiger partial charge on any atom is -0.372 e. The molecule has 0 unspecified atom stereocenters. The van der Waals surface area contributed by atoms with Crippen molar-refractivity contribution in [1.29, 1.82) is 5.26 Å². The van der Waals surface area contributed by atoms with Crippen molar-refractivity contribution in [3.63, 3.8) is 0 Å². The van der Waals surface area contributed by atoms with Gasteiger partial charge in [0.2, 0.25) is 0 Å². The van der Waals surface area contributed by atoms with E-state index in [-0.39, 0.29) is 29.2 Å². The number of carbonyl (C=O) groups is 1. The second-order valence-electron chi connectivity index (χ2n) is 7.12. The molecule has 1 amide bonds. The quantitative estimate of drug-likeness (QED) is 0.537. The SMILES string of the molecule is Cc1c(/C=C2\SC(=S)N(C)C2=O)c(N2C[C@H](C)O[C@@H](C)C2)n(C)c(=O)c1C#N. The first kappa shape index (κ1) is 20.6. The molecule has 1 aromatic heterocycles. The second kappa shape index (κ2) is 7.70. The fraction of sp³-hybridized carbons (Fsp3) is 0.474. The van der Waals surface area contributed by atoms with Crippen LogP contribution in [0.25, 0.3) is 6.08 Å². The number of aromatic nitrogens is 1. The normalized spacial score (nSPS) is 24.2. The van der Waals surface area contributed by atoms with Crippen molar-refractivity contribution >= 4 is 46.1 Å². The van der Waals surface area contributed by atoms with Gasteiger partial charge in [0.25, 0.3) is 11.5 Å². The Balaban J connectivity index is 2.24. The predicted molar refractivity (Wildman–Crippen MR) is 114 cm³/mol. The standard InChI is InChI=1S/C19H22N4O3S2/c1-10-8-23(9-11(2)26-10)16-13(6-15-18(25)22(5)19(27)28-15)12(3)14(7-20)17(24)21(16)4/h6,10-11H,8-9H2,1-5H3/b15-6-/t10-,11-/m0/s1. The zero-order valence-electron chi connectivity index (χ0n) is 16.5. The molecular formula is C19H22N4O3S2. The van der Waals surface area contributed by atoms with E-state index in [1.54, 1.807) is 27.1 Å². The number of hydrogen-bond donors (Lipinski definition) is 0. The van der Waals surface area contributed by atoms with Gasteiger partial charge in [-0.1, -0.05) is 24.0 Å². The van der Waals surface area contributed by atoms with Gasteiger partial charge in [0, 0.05) is 32.7 Å². The molecule has 2 atom stereocenters. The van der Waals surface area contributed by atoms with Gasteiger partial charge in [-0.3, -0.25) is 19.1 Å². The summed E-state index contributed by atoms with van der Waals surface area (Å²) >= 11 is 6.44. The summed E-state index contributed by atoms with van der Waals surface area (Å²) < 4.78 is 7.80. The largest absolute Gasteiger partial charge is 0.372 e. The Morgan fingerprint density at radius 1 is 1.25 bits per heavy atom. The number of thiocarbonyl (C=S) groups is 1. The van der Waals surface area contributed by atoms with Gasteiger partial charge < -0.3 is 9.64 Å². The smallest absolute Gasteiger partial charge is 0.270 e. The van der Waals surface area contributed by atoms with Crippen molar-refractivity contribution < 1.29 is 9.53 Å². The van der Waals surface area contributed by atoms with Crippen molar-refractivity contribution in [3.8, 4) is 6.07 Å². The van der Waals surface area contributed by atoms with E-state index in [0.29, 0.717) is 39.3 Å². The molecule has 0 N–H and O–H groups in total. The van der Waals surface area contributed by atoms with E-state index < -0.39 is 0 Å². The molecule has 7 nitrogen and oxygen atoms in total. The van der Waals surface area contributed by atoms with Crippen LogP contribution in [-0.2, 0) is 16.6 Å². The number of thioether (sulfide) groups is 1. The number of pyridine rings is 1. The molecule has 2 fully saturated rings. The molecule has 28 heavy (non-hydrogen) atoms. The van der Waals surface area contributed by atoms with E-state index in [2.05, 4.69) is 4.90 Å². The highest BCUT2D eigenvalue weighted by Gasteiger charge is 2.32. The van der Waals surface area contributed by atoms with Crippen LogP contribution in [0.5, 0.6) is 0 Å². The zero-order chi connectivity index (χ0) is 20.7. The van der Waals surface area contributed by atoms with Gasteiger partial charge in [-0.15, -0.1) is 0 Å². The summed E-state index contributed by atoms with van der Waals surface area (Å²) in [7, 11) is 3.30. The van der Waals surface area contributed by atoms with Crippen molar-refractivity contribution in [2.24, 2.45) is 7.05 Å². The molecule has 9 heteroatoms. The van der Waals surface area contributed by atoms with Gasteiger partial charge in [0.05, 0.1) is 17.1 Å². The number of carbonyl (C=O) groups excluding carboxylic acids is 1. The monoisotopic (exact) mass is 418 g/mol. The molecule has 2 aliphatic rings. The molecular weight excluding hydrogens is 396 g/mol. The summed E-state index contributed by atoms with van der Waals surface area (Å²) in [5.41, 5.74) is 0.989. The molecule has 0 spiro atoms. The lowest BCUT2D eigenvalue weighted by atomic mass is 10.0. The van der Waals surface area contributed by atoms with Crippen LogP contribution in [0.1, 0.15) is 30.5 Å². The van der Waals surface area contributed by atoms with Crippen LogP contribution >= 0.6 is 24.0 Å². The van der Waals surface area contributed by atoms with Gasteiger partial charge >= 0.3 is 0 Å². The van der Waals surface area contributed by atoms with E-state index >= 15 is 0 Å². The highest BCUT2D eigenvalue weighted by molar-refractivity contribution is 8.26. The number of morpholine rings is 1. The summed E-state index contributed by atoms with van der Waals surface area (Å²) in [5.74, 6) is 0.501. The summed E-state index contributed by atoms with van der Waals surface area (Å²) in [4.78, 5) is 29.3. The molecule has 2 aliphatic heterocycles. The third-order valence-corrected chi connectivity index (χ3v) is 6.43. The maximum Gasteiger partial charge on any atom is 0.270 e. The van der Waals surface area contributed by atoms with E-state index in [4.69, 9.17) is 17.0 Å². The van der Waals surface area contributed by atoms with E-state index in [1.807, 2.05) is 19.9 Å². The lowest BCUT2D eigenvalue weighted by Crippen LogP contribution is -2.47. The number of rotatable bonds is 2. The number of nitriles is 1. The lowest BCUT2D eigenvalue weighted by molar-refractivity contribution is -0.121. The Kier molecular flexibility index (Phi) is 5.66. The number of ether oxygens (including phenoxy) is 1. The highest BCUT2D eigenvalue weighted by atomic mass is 32.2. The molecule has 148 valence electrons. The van der Waals surface area contributed by atoms with Crippen LogP contribution < -0.4 is 10.5 Å². The number of nitrogens with zero attached hydrogens (tertiary/aromatic N) is 4. The molecule has 0 aliphatic carbocycles. The first-order valence-electron chi connectivity index (χ1n) is 8.91. The Morgan fingerprint density at radius 3 is 2.36 bits per heavy atom. The Labute approximate surface area is 173 Å².